The minimum atomic E-state index is -0.240. The minimum Gasteiger partial charge on any atom is -0.324 e. The number of thioether (sulfide) groups is 1. The van der Waals surface area contributed by atoms with Crippen LogP contribution < -0.4 is 5.32 Å². The molecule has 9 heteroatoms. The number of hydrogen-bond acceptors (Lipinski definition) is 4. The molecule has 0 aliphatic rings. The molecule has 1 aromatic heterocycles. The molecule has 0 aliphatic carbocycles. The molecule has 0 spiro atoms. The van der Waals surface area contributed by atoms with Crippen LogP contribution in [0.4, 0.5) is 5.69 Å². The number of carbonyl (C=O) groups excluding carboxylic acids is 1. The molecular formula is C18H15Cl3N4OS. The number of aromatic nitrogens is 3. The quantitative estimate of drug-likeness (QED) is 0.415. The molecule has 0 aliphatic heterocycles. The summed E-state index contributed by atoms with van der Waals surface area (Å²) in [5.41, 5.74) is 3.66. The van der Waals surface area contributed by atoms with Gasteiger partial charge in [-0.2, -0.15) is 0 Å². The van der Waals surface area contributed by atoms with Gasteiger partial charge >= 0.3 is 0 Å². The first-order valence-electron chi connectivity index (χ1n) is 7.90. The first-order chi connectivity index (χ1) is 12.8. The lowest BCUT2D eigenvalue weighted by atomic mass is 10.1. The highest BCUT2D eigenvalue weighted by Crippen LogP contribution is 2.32. The number of hydrogen-bond donors (Lipinski definition) is 1. The van der Waals surface area contributed by atoms with E-state index in [1.54, 1.807) is 6.33 Å². The highest BCUT2D eigenvalue weighted by atomic mass is 35.5. The standard InChI is InChI=1S/C18H15Cl3N4OS/c1-10-3-4-16(11(2)5-10)25-9-22-24-18(25)27-8-17(26)23-15-7-13(20)12(19)6-14(15)21/h3-7,9H,8H2,1-2H3,(H,23,26). The van der Waals surface area contributed by atoms with E-state index in [2.05, 4.69) is 21.6 Å². The molecule has 0 radical (unpaired) electrons. The smallest absolute Gasteiger partial charge is 0.234 e. The Morgan fingerprint density at radius 1 is 1.11 bits per heavy atom. The first kappa shape index (κ1) is 20.0. The van der Waals surface area contributed by atoms with Crippen molar-refractivity contribution < 1.29 is 4.79 Å². The van der Waals surface area contributed by atoms with Crippen molar-refractivity contribution in [3.05, 3.63) is 62.9 Å². The lowest BCUT2D eigenvalue weighted by Gasteiger charge is -2.11. The van der Waals surface area contributed by atoms with Crippen molar-refractivity contribution >= 4 is 58.2 Å². The third-order valence-corrected chi connectivity index (χ3v) is 5.72. The third-order valence-electron chi connectivity index (χ3n) is 3.74. The molecule has 3 aromatic rings. The van der Waals surface area contributed by atoms with Crippen molar-refractivity contribution in [2.24, 2.45) is 0 Å². The zero-order valence-corrected chi connectivity index (χ0v) is 17.5. The molecule has 140 valence electrons. The van der Waals surface area contributed by atoms with E-state index < -0.39 is 0 Å². The number of aryl methyl sites for hydroxylation is 2. The van der Waals surface area contributed by atoms with Gasteiger partial charge < -0.3 is 5.32 Å². The van der Waals surface area contributed by atoms with Crippen molar-refractivity contribution in [3.8, 4) is 5.69 Å². The van der Waals surface area contributed by atoms with E-state index in [4.69, 9.17) is 34.8 Å². The van der Waals surface area contributed by atoms with Gasteiger partial charge in [0.2, 0.25) is 5.91 Å². The van der Waals surface area contributed by atoms with Gasteiger partial charge in [-0.15, -0.1) is 10.2 Å². The predicted molar refractivity (Wildman–Crippen MR) is 112 cm³/mol. The molecule has 3 rings (SSSR count). The van der Waals surface area contributed by atoms with E-state index in [0.29, 0.717) is 25.9 Å². The average molecular weight is 442 g/mol. The fourth-order valence-electron chi connectivity index (χ4n) is 2.50. The summed E-state index contributed by atoms with van der Waals surface area (Å²) < 4.78 is 1.86. The van der Waals surface area contributed by atoms with Crippen LogP contribution >= 0.6 is 46.6 Å². The highest BCUT2D eigenvalue weighted by Gasteiger charge is 2.13. The number of rotatable bonds is 5. The van der Waals surface area contributed by atoms with Crippen molar-refractivity contribution in [1.29, 1.82) is 0 Å². The Labute approximate surface area is 176 Å². The Morgan fingerprint density at radius 2 is 1.85 bits per heavy atom. The van der Waals surface area contributed by atoms with Gasteiger partial charge in [0.1, 0.15) is 6.33 Å². The summed E-state index contributed by atoms with van der Waals surface area (Å²) in [5, 5.41) is 12.4. The maximum absolute atomic E-state index is 12.3. The topological polar surface area (TPSA) is 59.8 Å². The summed E-state index contributed by atoms with van der Waals surface area (Å²) in [6.07, 6.45) is 1.63. The lowest BCUT2D eigenvalue weighted by molar-refractivity contribution is -0.113. The Morgan fingerprint density at radius 3 is 2.59 bits per heavy atom. The van der Waals surface area contributed by atoms with Crippen molar-refractivity contribution in [1.82, 2.24) is 14.8 Å². The number of halogens is 3. The number of amides is 1. The second-order valence-electron chi connectivity index (χ2n) is 5.86. The minimum absolute atomic E-state index is 0.139. The van der Waals surface area contributed by atoms with Crippen LogP contribution in [0.5, 0.6) is 0 Å². The molecule has 0 atom stereocenters. The zero-order chi connectivity index (χ0) is 19.6. The van der Waals surface area contributed by atoms with Gasteiger partial charge in [-0.1, -0.05) is 64.3 Å². The van der Waals surface area contributed by atoms with Crippen molar-refractivity contribution in [3.63, 3.8) is 0 Å². The average Bonchev–Trinajstić information content (AvgIpc) is 3.06. The molecule has 0 unspecified atom stereocenters. The second kappa shape index (κ2) is 8.52. The zero-order valence-electron chi connectivity index (χ0n) is 14.5. The van der Waals surface area contributed by atoms with E-state index in [9.17, 15) is 4.79 Å². The predicted octanol–water partition coefficient (Wildman–Crippen LogP) is 5.58. The van der Waals surface area contributed by atoms with Crippen molar-refractivity contribution in [2.75, 3.05) is 11.1 Å². The Hall–Kier alpha value is -1.73. The molecular weight excluding hydrogens is 427 g/mol. The fourth-order valence-corrected chi connectivity index (χ4v) is 3.81. The van der Waals surface area contributed by atoms with Crippen LogP contribution in [-0.4, -0.2) is 26.4 Å². The molecule has 1 amide bonds. The molecule has 0 saturated carbocycles. The molecule has 5 nitrogen and oxygen atoms in total. The summed E-state index contributed by atoms with van der Waals surface area (Å²) in [6, 6.07) is 9.13. The van der Waals surface area contributed by atoms with Gasteiger partial charge in [0.25, 0.3) is 0 Å². The maximum Gasteiger partial charge on any atom is 0.234 e. The monoisotopic (exact) mass is 440 g/mol. The molecule has 1 heterocycles. The summed E-state index contributed by atoms with van der Waals surface area (Å²) in [6.45, 7) is 4.06. The lowest BCUT2D eigenvalue weighted by Crippen LogP contribution is -2.15. The van der Waals surface area contributed by atoms with Crippen LogP contribution in [0, 0.1) is 13.8 Å². The van der Waals surface area contributed by atoms with Crippen molar-refractivity contribution in [2.45, 2.75) is 19.0 Å². The van der Waals surface area contributed by atoms with Gasteiger partial charge in [-0.25, -0.2) is 0 Å². The van der Waals surface area contributed by atoms with Gasteiger partial charge in [-0.3, -0.25) is 9.36 Å². The molecule has 0 fully saturated rings. The van der Waals surface area contributed by atoms with Crippen LogP contribution in [0.25, 0.3) is 5.69 Å². The second-order valence-corrected chi connectivity index (χ2v) is 8.02. The number of benzene rings is 2. The number of carbonyl (C=O) groups is 1. The Balaban J connectivity index is 1.70. The molecule has 27 heavy (non-hydrogen) atoms. The van der Waals surface area contributed by atoms with Crippen LogP contribution in [0.1, 0.15) is 11.1 Å². The Bertz CT molecular complexity index is 1010. The van der Waals surface area contributed by atoms with Crippen LogP contribution in [0.3, 0.4) is 0 Å². The number of nitrogens with one attached hydrogen (secondary N) is 1. The van der Waals surface area contributed by atoms with Gasteiger partial charge in [-0.05, 0) is 37.6 Å². The number of anilines is 1. The fraction of sp³-hybridized carbons (Fsp3) is 0.167. The molecule has 0 bridgehead atoms. The van der Waals surface area contributed by atoms with Crippen LogP contribution in [0.15, 0.2) is 41.8 Å². The van der Waals surface area contributed by atoms with E-state index >= 15 is 0 Å². The molecule has 2 aromatic carbocycles. The maximum atomic E-state index is 12.3. The highest BCUT2D eigenvalue weighted by molar-refractivity contribution is 7.99. The van der Waals surface area contributed by atoms with Gasteiger partial charge in [0.15, 0.2) is 5.16 Å². The van der Waals surface area contributed by atoms with Crippen LogP contribution in [-0.2, 0) is 4.79 Å². The van der Waals surface area contributed by atoms with Gasteiger partial charge in [0.05, 0.1) is 32.2 Å². The van der Waals surface area contributed by atoms with E-state index in [1.165, 1.54) is 29.5 Å². The van der Waals surface area contributed by atoms with E-state index in [1.807, 2.05) is 30.5 Å². The number of nitrogens with zero attached hydrogens (tertiary/aromatic N) is 3. The van der Waals surface area contributed by atoms with Crippen LogP contribution in [0.2, 0.25) is 15.1 Å². The summed E-state index contributed by atoms with van der Waals surface area (Å²) in [4.78, 5) is 12.3. The largest absolute Gasteiger partial charge is 0.324 e. The normalized spacial score (nSPS) is 10.9. The van der Waals surface area contributed by atoms with Gasteiger partial charge in [0, 0.05) is 0 Å². The Kier molecular flexibility index (Phi) is 6.32. The SMILES string of the molecule is Cc1ccc(-n2cnnc2SCC(=O)Nc2cc(Cl)c(Cl)cc2Cl)c(C)c1. The summed E-state index contributed by atoms with van der Waals surface area (Å²) in [7, 11) is 0. The summed E-state index contributed by atoms with van der Waals surface area (Å²) in [5.74, 6) is -0.101. The van der Waals surface area contributed by atoms with E-state index in [0.717, 1.165) is 11.3 Å². The third kappa shape index (κ3) is 4.76. The summed E-state index contributed by atoms with van der Waals surface area (Å²) >= 11 is 19.2. The van der Waals surface area contributed by atoms with E-state index in [-0.39, 0.29) is 11.7 Å². The molecule has 1 N–H and O–H groups in total. The first-order valence-corrected chi connectivity index (χ1v) is 10.0. The molecule has 0 saturated heterocycles.